The number of aryl methyl sites for hydroxylation is 2. The third-order valence-corrected chi connectivity index (χ3v) is 5.06. The van der Waals surface area contributed by atoms with Crippen LogP contribution in [0.25, 0.3) is 16.2 Å². The molecule has 0 saturated heterocycles. The van der Waals surface area contributed by atoms with E-state index in [2.05, 4.69) is 4.40 Å². The van der Waals surface area contributed by atoms with Gasteiger partial charge in [-0.15, -0.1) is 11.3 Å². The van der Waals surface area contributed by atoms with Crippen LogP contribution in [-0.4, -0.2) is 15.7 Å². The van der Waals surface area contributed by atoms with E-state index in [4.69, 9.17) is 4.98 Å². The summed E-state index contributed by atoms with van der Waals surface area (Å²) in [7, 11) is 0. The number of aldehydes is 1. The minimum absolute atomic E-state index is 0.700. The molecule has 0 unspecified atom stereocenters. The zero-order valence-corrected chi connectivity index (χ0v) is 11.8. The molecule has 1 aliphatic rings. The number of carbonyl (C=O) groups is 1. The predicted molar refractivity (Wildman–Crippen MR) is 80.5 cm³/mol. The quantitative estimate of drug-likeness (QED) is 0.671. The van der Waals surface area contributed by atoms with Crippen molar-refractivity contribution >= 4 is 22.6 Å². The molecular weight excluding hydrogens is 268 g/mol. The standard InChI is InChI=1S/C16H14N2OS/c19-10-13-15(11-6-2-1-3-7-11)17-16-18(13)12-8-4-5-9-14(12)20-16/h1-3,6-7,10H,4-5,8-9H2. The van der Waals surface area contributed by atoms with Crippen molar-refractivity contribution in [2.45, 2.75) is 25.7 Å². The van der Waals surface area contributed by atoms with Gasteiger partial charge in [-0.1, -0.05) is 30.3 Å². The van der Waals surface area contributed by atoms with E-state index in [9.17, 15) is 4.79 Å². The lowest BCUT2D eigenvalue weighted by molar-refractivity contribution is 0.111. The smallest absolute Gasteiger partial charge is 0.195 e. The van der Waals surface area contributed by atoms with Crippen LogP contribution in [0.3, 0.4) is 0 Å². The van der Waals surface area contributed by atoms with Gasteiger partial charge >= 0.3 is 0 Å². The second-order valence-corrected chi connectivity index (χ2v) is 6.19. The number of fused-ring (bicyclic) bond motifs is 3. The van der Waals surface area contributed by atoms with Crippen molar-refractivity contribution in [3.63, 3.8) is 0 Å². The molecule has 1 aliphatic carbocycles. The number of rotatable bonds is 2. The first-order chi connectivity index (χ1) is 9.88. The molecule has 2 aromatic heterocycles. The SMILES string of the molecule is O=Cc1c(-c2ccccc2)nc2sc3c(n12)CCCC3. The predicted octanol–water partition coefficient (Wildman–Crippen LogP) is 3.75. The van der Waals surface area contributed by atoms with Crippen molar-refractivity contribution in [1.82, 2.24) is 9.38 Å². The van der Waals surface area contributed by atoms with E-state index in [-0.39, 0.29) is 0 Å². The average Bonchev–Trinajstić information content (AvgIpc) is 3.03. The number of aromatic nitrogens is 2. The number of benzene rings is 1. The normalized spacial score (nSPS) is 14.4. The molecule has 0 saturated carbocycles. The van der Waals surface area contributed by atoms with E-state index in [0.717, 1.165) is 35.3 Å². The van der Waals surface area contributed by atoms with Crippen LogP contribution in [-0.2, 0) is 12.8 Å². The summed E-state index contributed by atoms with van der Waals surface area (Å²) in [5.74, 6) is 0. The van der Waals surface area contributed by atoms with Crippen molar-refractivity contribution in [2.75, 3.05) is 0 Å². The van der Waals surface area contributed by atoms with E-state index in [1.807, 2.05) is 30.3 Å². The van der Waals surface area contributed by atoms with Gasteiger partial charge in [0.05, 0.1) is 0 Å². The first-order valence-electron chi connectivity index (χ1n) is 6.92. The number of hydrogen-bond donors (Lipinski definition) is 0. The Labute approximate surface area is 120 Å². The van der Waals surface area contributed by atoms with Crippen LogP contribution < -0.4 is 0 Å². The third kappa shape index (κ3) is 1.64. The van der Waals surface area contributed by atoms with E-state index in [1.54, 1.807) is 11.3 Å². The Morgan fingerprint density at radius 2 is 1.95 bits per heavy atom. The van der Waals surface area contributed by atoms with Crippen molar-refractivity contribution in [2.24, 2.45) is 0 Å². The van der Waals surface area contributed by atoms with E-state index in [1.165, 1.54) is 23.4 Å². The maximum absolute atomic E-state index is 11.6. The van der Waals surface area contributed by atoms with Gasteiger partial charge in [0.25, 0.3) is 0 Å². The van der Waals surface area contributed by atoms with Gasteiger partial charge in [0, 0.05) is 16.1 Å². The second kappa shape index (κ2) is 4.56. The number of carbonyl (C=O) groups excluding carboxylic acids is 1. The fraction of sp³-hybridized carbons (Fsp3) is 0.250. The lowest BCUT2D eigenvalue weighted by Crippen LogP contribution is -2.04. The van der Waals surface area contributed by atoms with Gasteiger partial charge in [-0.25, -0.2) is 4.98 Å². The van der Waals surface area contributed by atoms with Gasteiger partial charge in [0.1, 0.15) is 11.4 Å². The molecule has 0 bridgehead atoms. The molecule has 0 amide bonds. The molecule has 0 radical (unpaired) electrons. The molecule has 3 aromatic rings. The van der Waals surface area contributed by atoms with Gasteiger partial charge in [-0.05, 0) is 25.7 Å². The van der Waals surface area contributed by atoms with Gasteiger partial charge in [0.15, 0.2) is 11.2 Å². The van der Waals surface area contributed by atoms with Gasteiger partial charge in [-0.3, -0.25) is 9.20 Å². The lowest BCUT2D eigenvalue weighted by Gasteiger charge is -2.11. The Kier molecular flexibility index (Phi) is 2.70. The van der Waals surface area contributed by atoms with Crippen molar-refractivity contribution < 1.29 is 4.79 Å². The summed E-state index contributed by atoms with van der Waals surface area (Å²) in [5.41, 5.74) is 3.81. The molecule has 0 N–H and O–H groups in total. The lowest BCUT2D eigenvalue weighted by atomic mass is 10.0. The number of imidazole rings is 1. The summed E-state index contributed by atoms with van der Waals surface area (Å²) in [6, 6.07) is 9.95. The fourth-order valence-electron chi connectivity index (χ4n) is 2.98. The Hall–Kier alpha value is -1.94. The highest BCUT2D eigenvalue weighted by atomic mass is 32.1. The summed E-state index contributed by atoms with van der Waals surface area (Å²) in [6.07, 6.45) is 5.58. The molecular formula is C16H14N2OS. The monoisotopic (exact) mass is 282 g/mol. The van der Waals surface area contributed by atoms with Gasteiger partial charge < -0.3 is 0 Å². The Bertz CT molecular complexity index is 786. The van der Waals surface area contributed by atoms with Gasteiger partial charge in [-0.2, -0.15) is 0 Å². The third-order valence-electron chi connectivity index (χ3n) is 3.91. The summed E-state index contributed by atoms with van der Waals surface area (Å²) in [6.45, 7) is 0. The van der Waals surface area contributed by atoms with Crippen LogP contribution in [0.4, 0.5) is 0 Å². The molecule has 4 heteroatoms. The number of nitrogens with zero attached hydrogens (tertiary/aromatic N) is 2. The van der Waals surface area contributed by atoms with Crippen LogP contribution in [0, 0.1) is 0 Å². The molecule has 0 fully saturated rings. The zero-order valence-electron chi connectivity index (χ0n) is 11.0. The molecule has 100 valence electrons. The summed E-state index contributed by atoms with van der Waals surface area (Å²) in [4.78, 5) is 18.7. The molecule has 20 heavy (non-hydrogen) atoms. The maximum Gasteiger partial charge on any atom is 0.195 e. The first-order valence-corrected chi connectivity index (χ1v) is 7.73. The second-order valence-electron chi connectivity index (χ2n) is 5.13. The number of hydrogen-bond acceptors (Lipinski definition) is 3. The highest BCUT2D eigenvalue weighted by Crippen LogP contribution is 2.34. The molecule has 1 aromatic carbocycles. The highest BCUT2D eigenvalue weighted by molar-refractivity contribution is 7.17. The first kappa shape index (κ1) is 11.9. The topological polar surface area (TPSA) is 34.4 Å². The molecule has 2 heterocycles. The molecule has 0 spiro atoms. The van der Waals surface area contributed by atoms with Crippen molar-refractivity contribution in [3.8, 4) is 11.3 Å². The molecule has 0 aliphatic heterocycles. The summed E-state index contributed by atoms with van der Waals surface area (Å²) in [5, 5.41) is 0. The average molecular weight is 282 g/mol. The van der Waals surface area contributed by atoms with Crippen LogP contribution >= 0.6 is 11.3 Å². The fourth-order valence-corrected chi connectivity index (χ4v) is 4.19. The summed E-state index contributed by atoms with van der Waals surface area (Å²) >= 11 is 1.74. The molecule has 0 atom stereocenters. The van der Waals surface area contributed by atoms with Crippen molar-refractivity contribution in [1.29, 1.82) is 0 Å². The minimum Gasteiger partial charge on any atom is -0.296 e. The van der Waals surface area contributed by atoms with E-state index in [0.29, 0.717) is 5.69 Å². The number of thiazole rings is 1. The zero-order chi connectivity index (χ0) is 13.5. The van der Waals surface area contributed by atoms with Crippen LogP contribution in [0.2, 0.25) is 0 Å². The van der Waals surface area contributed by atoms with Crippen molar-refractivity contribution in [3.05, 3.63) is 46.6 Å². The minimum atomic E-state index is 0.700. The largest absolute Gasteiger partial charge is 0.296 e. The van der Waals surface area contributed by atoms with Crippen LogP contribution in [0.1, 0.15) is 33.9 Å². The molecule has 3 nitrogen and oxygen atoms in total. The molecule has 4 rings (SSSR count). The van der Waals surface area contributed by atoms with E-state index >= 15 is 0 Å². The Morgan fingerprint density at radius 1 is 1.15 bits per heavy atom. The van der Waals surface area contributed by atoms with Crippen LogP contribution in [0.15, 0.2) is 30.3 Å². The Balaban J connectivity index is 2.00. The highest BCUT2D eigenvalue weighted by Gasteiger charge is 2.22. The maximum atomic E-state index is 11.6. The van der Waals surface area contributed by atoms with Gasteiger partial charge in [0.2, 0.25) is 0 Å². The van der Waals surface area contributed by atoms with E-state index < -0.39 is 0 Å². The Morgan fingerprint density at radius 3 is 2.75 bits per heavy atom. The summed E-state index contributed by atoms with van der Waals surface area (Å²) < 4.78 is 2.08. The van der Waals surface area contributed by atoms with Crippen LogP contribution in [0.5, 0.6) is 0 Å².